The Hall–Kier alpha value is -3.54. The van der Waals surface area contributed by atoms with Gasteiger partial charge in [-0.25, -0.2) is 0 Å². The third-order valence-corrected chi connectivity index (χ3v) is 4.28. The summed E-state index contributed by atoms with van der Waals surface area (Å²) in [5.74, 6) is 0.901. The van der Waals surface area contributed by atoms with Crippen LogP contribution in [0.4, 0.5) is 0 Å². The fourth-order valence-corrected chi connectivity index (χ4v) is 2.83. The summed E-state index contributed by atoms with van der Waals surface area (Å²) in [6.45, 7) is 0.496. The van der Waals surface area contributed by atoms with Crippen LogP contribution in [0.15, 0.2) is 71.5 Å². The number of aryl methyl sites for hydroxylation is 1. The molecule has 0 saturated heterocycles. The van der Waals surface area contributed by atoms with E-state index in [0.29, 0.717) is 31.1 Å². The van der Waals surface area contributed by atoms with E-state index >= 15 is 0 Å². The number of hydrogen-bond acceptors (Lipinski definition) is 5. The molecule has 2 aromatic carbocycles. The summed E-state index contributed by atoms with van der Waals surface area (Å²) in [7, 11) is 0. The molecule has 4 rings (SSSR count). The van der Waals surface area contributed by atoms with E-state index in [9.17, 15) is 4.79 Å². The number of amides is 1. The number of rotatable bonds is 6. The number of fused-ring (bicyclic) bond motifs is 1. The van der Waals surface area contributed by atoms with E-state index < -0.39 is 0 Å². The zero-order valence-electron chi connectivity index (χ0n) is 14.6. The molecular weight excluding hydrogens is 340 g/mol. The Morgan fingerprint density at radius 3 is 2.67 bits per heavy atom. The maximum absolute atomic E-state index is 12.1. The fourth-order valence-electron chi connectivity index (χ4n) is 2.83. The molecule has 0 aliphatic carbocycles. The van der Waals surface area contributed by atoms with Crippen LogP contribution in [0.1, 0.15) is 17.9 Å². The van der Waals surface area contributed by atoms with Crippen molar-refractivity contribution in [3.05, 3.63) is 78.4 Å². The molecule has 4 aromatic rings. The van der Waals surface area contributed by atoms with Crippen molar-refractivity contribution in [2.45, 2.75) is 19.4 Å². The molecule has 0 radical (unpaired) electrons. The van der Waals surface area contributed by atoms with Crippen LogP contribution in [0.3, 0.4) is 0 Å². The zero-order chi connectivity index (χ0) is 18.5. The van der Waals surface area contributed by atoms with Gasteiger partial charge in [0.2, 0.25) is 17.6 Å². The molecule has 1 N–H and O–H groups in total. The lowest BCUT2D eigenvalue weighted by atomic mass is 10.1. The van der Waals surface area contributed by atoms with E-state index in [4.69, 9.17) is 4.52 Å². The lowest BCUT2D eigenvalue weighted by Gasteiger charge is -2.06. The first-order chi connectivity index (χ1) is 13.3. The lowest BCUT2D eigenvalue weighted by Crippen LogP contribution is -2.23. The molecule has 6 heteroatoms. The molecule has 0 unspecified atom stereocenters. The number of benzene rings is 2. The first kappa shape index (κ1) is 16.9. The van der Waals surface area contributed by atoms with Crippen molar-refractivity contribution >= 4 is 16.7 Å². The Labute approximate surface area is 156 Å². The third kappa shape index (κ3) is 4.17. The Morgan fingerprint density at radius 2 is 1.81 bits per heavy atom. The molecule has 0 spiro atoms. The summed E-state index contributed by atoms with van der Waals surface area (Å²) >= 11 is 0. The molecule has 1 amide bonds. The molecule has 0 bridgehead atoms. The maximum Gasteiger partial charge on any atom is 0.227 e. The average molecular weight is 358 g/mol. The molecule has 27 heavy (non-hydrogen) atoms. The van der Waals surface area contributed by atoms with Gasteiger partial charge in [-0.15, -0.1) is 0 Å². The standard InChI is InChI=1S/C21H18N4O2/c26-19(23-14-15-5-6-16-3-1-2-4-18(16)13-15)7-8-20-24-21(25-27-20)17-9-11-22-12-10-17/h1-6,9-13H,7-8,14H2,(H,23,26). The van der Waals surface area contributed by atoms with Gasteiger partial charge in [0.25, 0.3) is 0 Å². The number of pyridine rings is 1. The van der Waals surface area contributed by atoms with Crippen LogP contribution in [-0.2, 0) is 17.8 Å². The van der Waals surface area contributed by atoms with Crippen LogP contribution >= 0.6 is 0 Å². The first-order valence-electron chi connectivity index (χ1n) is 8.75. The normalized spacial score (nSPS) is 10.8. The van der Waals surface area contributed by atoms with Gasteiger partial charge in [0.15, 0.2) is 0 Å². The highest BCUT2D eigenvalue weighted by atomic mass is 16.5. The first-order valence-corrected chi connectivity index (χ1v) is 8.75. The second-order valence-electron chi connectivity index (χ2n) is 6.21. The quantitative estimate of drug-likeness (QED) is 0.570. The molecule has 0 saturated carbocycles. The summed E-state index contributed by atoms with van der Waals surface area (Å²) in [6, 6.07) is 18.0. The summed E-state index contributed by atoms with van der Waals surface area (Å²) in [5, 5.41) is 9.23. The molecule has 0 aliphatic heterocycles. The van der Waals surface area contributed by atoms with Gasteiger partial charge in [-0.3, -0.25) is 9.78 Å². The van der Waals surface area contributed by atoms with Crippen LogP contribution in [0.2, 0.25) is 0 Å². The van der Waals surface area contributed by atoms with E-state index in [1.54, 1.807) is 12.4 Å². The van der Waals surface area contributed by atoms with Crippen LogP contribution in [0.5, 0.6) is 0 Å². The van der Waals surface area contributed by atoms with Gasteiger partial charge in [0, 0.05) is 37.3 Å². The van der Waals surface area contributed by atoms with E-state index in [1.165, 1.54) is 10.8 Å². The van der Waals surface area contributed by atoms with E-state index in [0.717, 1.165) is 11.1 Å². The van der Waals surface area contributed by atoms with Crippen LogP contribution in [0.25, 0.3) is 22.2 Å². The minimum Gasteiger partial charge on any atom is -0.352 e. The molecular formula is C21H18N4O2. The summed E-state index contributed by atoms with van der Waals surface area (Å²) in [6.07, 6.45) is 4.05. The van der Waals surface area contributed by atoms with Gasteiger partial charge in [-0.2, -0.15) is 4.98 Å². The van der Waals surface area contributed by atoms with Crippen molar-refractivity contribution < 1.29 is 9.32 Å². The van der Waals surface area contributed by atoms with E-state index in [-0.39, 0.29) is 5.91 Å². The number of carbonyl (C=O) groups is 1. The number of nitrogens with one attached hydrogen (secondary N) is 1. The number of carbonyl (C=O) groups excluding carboxylic acids is 1. The van der Waals surface area contributed by atoms with Crippen molar-refractivity contribution in [1.29, 1.82) is 0 Å². The lowest BCUT2D eigenvalue weighted by molar-refractivity contribution is -0.121. The topological polar surface area (TPSA) is 80.9 Å². The minimum absolute atomic E-state index is 0.0492. The maximum atomic E-state index is 12.1. The van der Waals surface area contributed by atoms with Crippen molar-refractivity contribution in [1.82, 2.24) is 20.4 Å². The summed E-state index contributed by atoms with van der Waals surface area (Å²) < 4.78 is 5.22. The monoisotopic (exact) mass is 358 g/mol. The van der Waals surface area contributed by atoms with Crippen molar-refractivity contribution in [2.24, 2.45) is 0 Å². The second-order valence-corrected chi connectivity index (χ2v) is 6.21. The van der Waals surface area contributed by atoms with Gasteiger partial charge in [0.05, 0.1) is 0 Å². The Bertz CT molecular complexity index is 1060. The van der Waals surface area contributed by atoms with Gasteiger partial charge in [-0.05, 0) is 34.5 Å². The molecule has 2 aromatic heterocycles. The second kappa shape index (κ2) is 7.78. The molecule has 6 nitrogen and oxygen atoms in total. The largest absolute Gasteiger partial charge is 0.352 e. The average Bonchev–Trinajstić information content (AvgIpc) is 3.20. The summed E-state index contributed by atoms with van der Waals surface area (Å²) in [5.41, 5.74) is 1.90. The van der Waals surface area contributed by atoms with Gasteiger partial charge >= 0.3 is 0 Å². The SMILES string of the molecule is O=C(CCc1nc(-c2ccncc2)no1)NCc1ccc2ccccc2c1. The molecule has 0 atom stereocenters. The fraction of sp³-hybridized carbons (Fsp3) is 0.143. The Kier molecular flexibility index (Phi) is 4.87. The molecule has 134 valence electrons. The zero-order valence-corrected chi connectivity index (χ0v) is 14.6. The van der Waals surface area contributed by atoms with Crippen molar-refractivity contribution in [3.63, 3.8) is 0 Å². The highest BCUT2D eigenvalue weighted by Gasteiger charge is 2.10. The van der Waals surface area contributed by atoms with E-state index in [2.05, 4.69) is 44.7 Å². The van der Waals surface area contributed by atoms with E-state index in [1.807, 2.05) is 30.3 Å². The van der Waals surface area contributed by atoms with Crippen LogP contribution < -0.4 is 5.32 Å². The minimum atomic E-state index is -0.0492. The number of aromatic nitrogens is 3. The third-order valence-electron chi connectivity index (χ3n) is 4.28. The smallest absolute Gasteiger partial charge is 0.227 e. The number of nitrogens with zero attached hydrogens (tertiary/aromatic N) is 3. The summed E-state index contributed by atoms with van der Waals surface area (Å²) in [4.78, 5) is 20.4. The Balaban J connectivity index is 1.30. The van der Waals surface area contributed by atoms with Gasteiger partial charge in [-0.1, -0.05) is 41.6 Å². The number of hydrogen-bond donors (Lipinski definition) is 1. The molecule has 0 fully saturated rings. The van der Waals surface area contributed by atoms with Crippen LogP contribution in [-0.4, -0.2) is 21.0 Å². The van der Waals surface area contributed by atoms with Gasteiger partial charge < -0.3 is 9.84 Å². The molecule has 0 aliphatic rings. The highest BCUT2D eigenvalue weighted by molar-refractivity contribution is 5.83. The predicted molar refractivity (Wildman–Crippen MR) is 102 cm³/mol. The van der Waals surface area contributed by atoms with Crippen molar-refractivity contribution in [2.75, 3.05) is 0 Å². The van der Waals surface area contributed by atoms with Crippen LogP contribution in [0, 0.1) is 0 Å². The van der Waals surface area contributed by atoms with Gasteiger partial charge in [0.1, 0.15) is 0 Å². The Morgan fingerprint density at radius 1 is 1.00 bits per heavy atom. The van der Waals surface area contributed by atoms with Crippen molar-refractivity contribution in [3.8, 4) is 11.4 Å². The molecule has 2 heterocycles. The highest BCUT2D eigenvalue weighted by Crippen LogP contribution is 2.16. The predicted octanol–water partition coefficient (Wildman–Crippen LogP) is 3.53.